The third-order valence-corrected chi connectivity index (χ3v) is 7.28. The zero-order valence-corrected chi connectivity index (χ0v) is 22.0. The van der Waals surface area contributed by atoms with Gasteiger partial charge >= 0.3 is 0 Å². The molecule has 3 aromatic carbocycles. The number of rotatable bonds is 7. The van der Waals surface area contributed by atoms with Gasteiger partial charge in [-0.1, -0.05) is 12.1 Å². The first-order valence-corrected chi connectivity index (χ1v) is 13.1. The molecule has 2 aliphatic rings. The first-order valence-electron chi connectivity index (χ1n) is 13.1. The minimum absolute atomic E-state index is 0.0187. The maximum Gasteiger partial charge on any atom is 0.256 e. The molecule has 8 heteroatoms. The number of para-hydroxylation sites is 2. The van der Waals surface area contributed by atoms with Crippen molar-refractivity contribution < 1.29 is 19.1 Å². The van der Waals surface area contributed by atoms with Gasteiger partial charge in [0.2, 0.25) is 0 Å². The molecule has 2 saturated heterocycles. The minimum atomic E-state index is -0.231. The molecule has 8 nitrogen and oxygen atoms in total. The molecule has 3 aromatic rings. The number of nitrogens with one attached hydrogen (secondary N) is 1. The molecule has 0 atom stereocenters. The molecule has 0 spiro atoms. The van der Waals surface area contributed by atoms with Crippen LogP contribution in [-0.2, 0) is 0 Å². The summed E-state index contributed by atoms with van der Waals surface area (Å²) in [5.41, 5.74) is 3.74. The van der Waals surface area contributed by atoms with Gasteiger partial charge in [0, 0.05) is 56.2 Å². The predicted molar refractivity (Wildman–Crippen MR) is 150 cm³/mol. The highest BCUT2D eigenvalue weighted by atomic mass is 16.5. The van der Waals surface area contributed by atoms with E-state index in [0.29, 0.717) is 22.6 Å². The summed E-state index contributed by atoms with van der Waals surface area (Å²) >= 11 is 0. The van der Waals surface area contributed by atoms with Gasteiger partial charge in [-0.3, -0.25) is 9.59 Å². The number of ether oxygens (including phenoxy) is 2. The molecule has 2 amide bonds. The largest absolute Gasteiger partial charge is 0.497 e. The van der Waals surface area contributed by atoms with Crippen LogP contribution in [-0.4, -0.2) is 70.2 Å². The third kappa shape index (κ3) is 5.39. The Morgan fingerprint density at radius 2 is 1.39 bits per heavy atom. The lowest BCUT2D eigenvalue weighted by Gasteiger charge is -2.38. The van der Waals surface area contributed by atoms with E-state index in [0.717, 1.165) is 69.2 Å². The summed E-state index contributed by atoms with van der Waals surface area (Å²) in [6.07, 6.45) is 2.04. The monoisotopic (exact) mass is 514 g/mol. The number of likely N-dealkylation sites (tertiary alicyclic amines) is 1. The Kier molecular flexibility index (Phi) is 7.67. The van der Waals surface area contributed by atoms with Crippen LogP contribution in [0.4, 0.5) is 17.1 Å². The fourth-order valence-electron chi connectivity index (χ4n) is 5.18. The van der Waals surface area contributed by atoms with Crippen LogP contribution in [0.2, 0.25) is 0 Å². The number of methoxy groups -OCH3 is 2. The van der Waals surface area contributed by atoms with Gasteiger partial charge in [-0.2, -0.15) is 0 Å². The summed E-state index contributed by atoms with van der Waals surface area (Å²) in [4.78, 5) is 33.0. The van der Waals surface area contributed by atoms with Gasteiger partial charge in [-0.05, 0) is 67.4 Å². The first kappa shape index (κ1) is 25.4. The van der Waals surface area contributed by atoms with Crippen molar-refractivity contribution in [2.75, 3.05) is 68.6 Å². The molecular weight excluding hydrogens is 480 g/mol. The molecule has 2 fully saturated rings. The van der Waals surface area contributed by atoms with E-state index in [9.17, 15) is 9.59 Å². The quantitative estimate of drug-likeness (QED) is 0.500. The maximum absolute atomic E-state index is 13.6. The number of benzene rings is 3. The lowest BCUT2D eigenvalue weighted by atomic mass is 10.1. The van der Waals surface area contributed by atoms with Crippen molar-refractivity contribution in [2.45, 2.75) is 12.8 Å². The molecule has 2 aliphatic heterocycles. The summed E-state index contributed by atoms with van der Waals surface area (Å²) < 4.78 is 10.7. The summed E-state index contributed by atoms with van der Waals surface area (Å²) in [5.74, 6) is 1.34. The van der Waals surface area contributed by atoms with Crippen LogP contribution in [0.15, 0.2) is 66.7 Å². The number of carbonyl (C=O) groups is 2. The van der Waals surface area contributed by atoms with Gasteiger partial charge in [0.1, 0.15) is 11.5 Å². The van der Waals surface area contributed by atoms with E-state index in [2.05, 4.69) is 21.2 Å². The third-order valence-electron chi connectivity index (χ3n) is 7.28. The Morgan fingerprint density at radius 3 is 2.05 bits per heavy atom. The van der Waals surface area contributed by atoms with Gasteiger partial charge < -0.3 is 29.5 Å². The van der Waals surface area contributed by atoms with Gasteiger partial charge in [-0.15, -0.1) is 0 Å². The zero-order valence-electron chi connectivity index (χ0n) is 22.0. The number of anilines is 3. The zero-order chi connectivity index (χ0) is 26.5. The Hall–Kier alpha value is -4.20. The van der Waals surface area contributed by atoms with Gasteiger partial charge in [0.05, 0.1) is 25.5 Å². The standard InChI is InChI=1S/C30H34N4O4/c1-37-24-12-9-22(10-13-24)29(35)31-23-11-14-26(25(21-23)30(36)34-15-5-6-16-34)32-17-19-33(20-18-32)27-7-3-4-8-28(27)38-2/h3-4,7-14,21H,5-6,15-20H2,1-2H3,(H,31,35). The van der Waals surface area contributed by atoms with Crippen molar-refractivity contribution in [1.29, 1.82) is 0 Å². The van der Waals surface area contributed by atoms with Crippen molar-refractivity contribution in [2.24, 2.45) is 0 Å². The summed E-state index contributed by atoms with van der Waals surface area (Å²) in [5, 5.41) is 2.96. The van der Waals surface area contributed by atoms with Crippen molar-refractivity contribution in [3.63, 3.8) is 0 Å². The Labute approximate surface area is 223 Å². The van der Waals surface area contributed by atoms with Gasteiger partial charge in [0.15, 0.2) is 0 Å². The van der Waals surface area contributed by atoms with Crippen LogP contribution in [0, 0.1) is 0 Å². The fraction of sp³-hybridized carbons (Fsp3) is 0.333. The molecule has 0 aromatic heterocycles. The second kappa shape index (κ2) is 11.5. The van der Waals surface area contributed by atoms with E-state index in [1.807, 2.05) is 41.3 Å². The van der Waals surface area contributed by atoms with Crippen LogP contribution in [0.1, 0.15) is 33.6 Å². The van der Waals surface area contributed by atoms with E-state index >= 15 is 0 Å². The van der Waals surface area contributed by atoms with E-state index in [4.69, 9.17) is 9.47 Å². The number of hydrogen-bond donors (Lipinski definition) is 1. The number of carbonyl (C=O) groups excluding carboxylic acids is 2. The molecule has 0 unspecified atom stereocenters. The number of piperazine rings is 1. The molecule has 198 valence electrons. The van der Waals surface area contributed by atoms with Gasteiger partial charge in [0.25, 0.3) is 11.8 Å². The molecule has 0 aliphatic carbocycles. The normalized spacial score (nSPS) is 15.4. The molecule has 38 heavy (non-hydrogen) atoms. The fourth-order valence-corrected chi connectivity index (χ4v) is 5.18. The Balaban J connectivity index is 1.36. The average Bonchev–Trinajstić information content (AvgIpc) is 3.52. The molecule has 0 saturated carbocycles. The van der Waals surface area contributed by atoms with Crippen LogP contribution < -0.4 is 24.6 Å². The number of amides is 2. The molecular formula is C30H34N4O4. The lowest BCUT2D eigenvalue weighted by Crippen LogP contribution is -2.47. The topological polar surface area (TPSA) is 74.4 Å². The molecule has 1 N–H and O–H groups in total. The summed E-state index contributed by atoms with van der Waals surface area (Å²) in [6, 6.07) is 20.7. The lowest BCUT2D eigenvalue weighted by molar-refractivity contribution is 0.0793. The maximum atomic E-state index is 13.6. The smallest absolute Gasteiger partial charge is 0.256 e. The molecule has 0 radical (unpaired) electrons. The van der Waals surface area contributed by atoms with Crippen molar-refractivity contribution in [3.05, 3.63) is 77.9 Å². The van der Waals surface area contributed by atoms with Crippen LogP contribution in [0.5, 0.6) is 11.5 Å². The SMILES string of the molecule is COc1ccc(C(=O)Nc2ccc(N3CCN(c4ccccc4OC)CC3)c(C(=O)N3CCCC3)c2)cc1. The van der Waals surface area contributed by atoms with E-state index in [-0.39, 0.29) is 11.8 Å². The highest BCUT2D eigenvalue weighted by molar-refractivity contribution is 6.06. The molecule has 2 heterocycles. The minimum Gasteiger partial charge on any atom is -0.497 e. The van der Waals surface area contributed by atoms with Crippen molar-refractivity contribution in [3.8, 4) is 11.5 Å². The second-order valence-electron chi connectivity index (χ2n) is 9.56. The summed E-state index contributed by atoms with van der Waals surface area (Å²) in [6.45, 7) is 4.71. The van der Waals surface area contributed by atoms with Crippen LogP contribution >= 0.6 is 0 Å². The van der Waals surface area contributed by atoms with Gasteiger partial charge in [-0.25, -0.2) is 0 Å². The number of hydrogen-bond acceptors (Lipinski definition) is 6. The Bertz CT molecular complexity index is 1280. The van der Waals surface area contributed by atoms with Crippen LogP contribution in [0.25, 0.3) is 0 Å². The second-order valence-corrected chi connectivity index (χ2v) is 9.56. The van der Waals surface area contributed by atoms with Crippen molar-refractivity contribution in [1.82, 2.24) is 4.90 Å². The molecule has 5 rings (SSSR count). The Morgan fingerprint density at radius 1 is 0.737 bits per heavy atom. The molecule has 0 bridgehead atoms. The summed E-state index contributed by atoms with van der Waals surface area (Å²) in [7, 11) is 3.29. The van der Waals surface area contributed by atoms with Crippen molar-refractivity contribution >= 4 is 28.9 Å². The average molecular weight is 515 g/mol. The van der Waals surface area contributed by atoms with E-state index in [1.165, 1.54) is 0 Å². The van der Waals surface area contributed by atoms with Crippen LogP contribution in [0.3, 0.4) is 0 Å². The predicted octanol–water partition coefficient (Wildman–Crippen LogP) is 4.52. The highest BCUT2D eigenvalue weighted by Gasteiger charge is 2.27. The number of nitrogens with zero attached hydrogens (tertiary/aromatic N) is 3. The highest BCUT2D eigenvalue weighted by Crippen LogP contribution is 2.32. The van der Waals surface area contributed by atoms with E-state index in [1.54, 1.807) is 38.5 Å². The van der Waals surface area contributed by atoms with E-state index < -0.39 is 0 Å². The first-order chi connectivity index (χ1) is 18.6.